The summed E-state index contributed by atoms with van der Waals surface area (Å²) in [6.07, 6.45) is 3.46. The first-order chi connectivity index (χ1) is 6.97. The van der Waals surface area contributed by atoms with Crippen LogP contribution >= 0.6 is 0 Å². The van der Waals surface area contributed by atoms with Gasteiger partial charge in [0.1, 0.15) is 0 Å². The van der Waals surface area contributed by atoms with E-state index in [1.807, 2.05) is 0 Å². The molecule has 2 heteroatoms. The lowest BCUT2D eigenvalue weighted by atomic mass is 9.68. The van der Waals surface area contributed by atoms with Gasteiger partial charge in [0.15, 0.2) is 5.79 Å². The summed E-state index contributed by atoms with van der Waals surface area (Å²) in [6.45, 7) is 10.4. The van der Waals surface area contributed by atoms with Gasteiger partial charge in [0.25, 0.3) is 0 Å². The smallest absolute Gasteiger partial charge is 0.171 e. The van der Waals surface area contributed by atoms with Crippen LogP contribution in [0.1, 0.15) is 47.0 Å². The van der Waals surface area contributed by atoms with E-state index in [4.69, 9.17) is 9.47 Å². The Morgan fingerprint density at radius 1 is 1.00 bits per heavy atom. The molecule has 0 saturated carbocycles. The topological polar surface area (TPSA) is 18.5 Å². The van der Waals surface area contributed by atoms with Crippen molar-refractivity contribution in [3.8, 4) is 0 Å². The van der Waals surface area contributed by atoms with E-state index < -0.39 is 0 Å². The number of hydrogen-bond acceptors (Lipinski definition) is 2. The third-order valence-corrected chi connectivity index (χ3v) is 4.37. The quantitative estimate of drug-likeness (QED) is 0.618. The molecule has 1 aliphatic carbocycles. The molecule has 0 N–H and O–H groups in total. The van der Waals surface area contributed by atoms with Crippen LogP contribution in [0.4, 0.5) is 0 Å². The predicted octanol–water partition coefficient (Wildman–Crippen LogP) is 3.28. The fourth-order valence-corrected chi connectivity index (χ4v) is 2.75. The van der Waals surface area contributed by atoms with E-state index in [0.29, 0.717) is 0 Å². The van der Waals surface area contributed by atoms with Gasteiger partial charge in [-0.3, -0.25) is 0 Å². The zero-order valence-corrected chi connectivity index (χ0v) is 10.4. The summed E-state index contributed by atoms with van der Waals surface area (Å²) in [5.41, 5.74) is 3.21. The number of rotatable bonds is 1. The number of hydrogen-bond donors (Lipinski definition) is 0. The van der Waals surface area contributed by atoms with E-state index in [9.17, 15) is 0 Å². The standard InChI is InChI=1S/C13H22O2/c1-10-5-6-12(3,9-11(10)2)13(4)14-7-8-15-13/h5-9H2,1-4H3. The highest BCUT2D eigenvalue weighted by molar-refractivity contribution is 5.18. The Labute approximate surface area is 92.6 Å². The van der Waals surface area contributed by atoms with Crippen LogP contribution in [0, 0.1) is 5.41 Å². The molecule has 0 bridgehead atoms. The maximum Gasteiger partial charge on any atom is 0.171 e. The van der Waals surface area contributed by atoms with Crippen LogP contribution < -0.4 is 0 Å². The van der Waals surface area contributed by atoms with Gasteiger partial charge in [0.05, 0.1) is 13.2 Å². The lowest BCUT2D eigenvalue weighted by molar-refractivity contribution is -0.223. The van der Waals surface area contributed by atoms with Crippen LogP contribution in [-0.2, 0) is 9.47 Å². The minimum absolute atomic E-state index is 0.146. The Balaban J connectivity index is 2.21. The van der Waals surface area contributed by atoms with E-state index in [1.54, 1.807) is 5.57 Å². The minimum atomic E-state index is -0.366. The highest BCUT2D eigenvalue weighted by atomic mass is 16.7. The van der Waals surface area contributed by atoms with Gasteiger partial charge in [-0.2, -0.15) is 0 Å². The van der Waals surface area contributed by atoms with Gasteiger partial charge in [0, 0.05) is 5.41 Å². The maximum absolute atomic E-state index is 5.82. The molecule has 2 rings (SSSR count). The van der Waals surface area contributed by atoms with Gasteiger partial charge >= 0.3 is 0 Å². The first-order valence-electron chi connectivity index (χ1n) is 5.90. The molecule has 0 spiro atoms. The zero-order valence-electron chi connectivity index (χ0n) is 10.4. The van der Waals surface area contributed by atoms with E-state index in [1.165, 1.54) is 18.4 Å². The number of allylic oxidation sites excluding steroid dienone is 2. The SMILES string of the molecule is CC1=C(C)CC(C)(C2(C)OCCO2)CC1. The van der Waals surface area contributed by atoms with Gasteiger partial charge in [-0.05, 0) is 40.0 Å². The molecule has 15 heavy (non-hydrogen) atoms. The van der Waals surface area contributed by atoms with Gasteiger partial charge in [-0.15, -0.1) is 0 Å². The Hall–Kier alpha value is -0.340. The third kappa shape index (κ3) is 1.74. The monoisotopic (exact) mass is 210 g/mol. The van der Waals surface area contributed by atoms with Crippen LogP contribution in [0.3, 0.4) is 0 Å². The Morgan fingerprint density at radius 3 is 2.13 bits per heavy atom. The molecule has 86 valence electrons. The van der Waals surface area contributed by atoms with E-state index in [-0.39, 0.29) is 11.2 Å². The zero-order chi connectivity index (χ0) is 11.1. The maximum atomic E-state index is 5.82. The molecular formula is C13H22O2. The highest BCUT2D eigenvalue weighted by Gasteiger charge is 2.49. The van der Waals surface area contributed by atoms with Crippen LogP contribution in [0.15, 0.2) is 11.1 Å². The average molecular weight is 210 g/mol. The summed E-state index contributed by atoms with van der Waals surface area (Å²) in [7, 11) is 0. The van der Waals surface area contributed by atoms with Crippen LogP contribution in [-0.4, -0.2) is 19.0 Å². The first kappa shape index (κ1) is 11.2. The Morgan fingerprint density at radius 2 is 1.60 bits per heavy atom. The van der Waals surface area contributed by atoms with Gasteiger partial charge in [0.2, 0.25) is 0 Å². The second-order valence-corrected chi connectivity index (χ2v) is 5.44. The molecule has 0 radical (unpaired) electrons. The second kappa shape index (κ2) is 3.60. The van der Waals surface area contributed by atoms with Crippen molar-refractivity contribution in [2.45, 2.75) is 52.7 Å². The van der Waals surface area contributed by atoms with Crippen molar-refractivity contribution in [2.75, 3.05) is 13.2 Å². The molecule has 1 fully saturated rings. The normalized spacial score (nSPS) is 36.0. The molecule has 1 aliphatic heterocycles. The lowest BCUT2D eigenvalue weighted by Crippen LogP contribution is -2.46. The lowest BCUT2D eigenvalue weighted by Gasteiger charge is -2.45. The number of ether oxygens (including phenoxy) is 2. The largest absolute Gasteiger partial charge is 0.347 e. The van der Waals surface area contributed by atoms with Crippen molar-refractivity contribution >= 4 is 0 Å². The van der Waals surface area contributed by atoms with Crippen LogP contribution in [0.2, 0.25) is 0 Å². The summed E-state index contributed by atoms with van der Waals surface area (Å²) >= 11 is 0. The average Bonchev–Trinajstić information content (AvgIpc) is 2.61. The Bertz CT molecular complexity index is 287. The van der Waals surface area contributed by atoms with Crippen molar-refractivity contribution in [3.05, 3.63) is 11.1 Å². The molecule has 1 heterocycles. The van der Waals surface area contributed by atoms with Crippen LogP contribution in [0.25, 0.3) is 0 Å². The van der Waals surface area contributed by atoms with Crippen LogP contribution in [0.5, 0.6) is 0 Å². The molecule has 2 nitrogen and oxygen atoms in total. The highest BCUT2D eigenvalue weighted by Crippen LogP contribution is 2.49. The fourth-order valence-electron chi connectivity index (χ4n) is 2.75. The van der Waals surface area contributed by atoms with E-state index >= 15 is 0 Å². The predicted molar refractivity (Wildman–Crippen MR) is 60.6 cm³/mol. The molecule has 0 aromatic rings. The molecule has 0 amide bonds. The summed E-state index contributed by atoms with van der Waals surface area (Å²) < 4.78 is 11.6. The molecule has 1 unspecified atom stereocenters. The molecule has 2 aliphatic rings. The summed E-state index contributed by atoms with van der Waals surface area (Å²) in [5, 5.41) is 0. The van der Waals surface area contributed by atoms with E-state index in [0.717, 1.165) is 19.6 Å². The van der Waals surface area contributed by atoms with Crippen molar-refractivity contribution < 1.29 is 9.47 Å². The summed E-state index contributed by atoms with van der Waals surface area (Å²) in [4.78, 5) is 0. The summed E-state index contributed by atoms with van der Waals surface area (Å²) in [5.74, 6) is -0.366. The molecule has 0 aromatic carbocycles. The molecule has 1 saturated heterocycles. The van der Waals surface area contributed by atoms with Crippen molar-refractivity contribution in [2.24, 2.45) is 5.41 Å². The molecule has 0 aromatic heterocycles. The molecule has 1 atom stereocenters. The molecular weight excluding hydrogens is 188 g/mol. The van der Waals surface area contributed by atoms with E-state index in [2.05, 4.69) is 27.7 Å². The van der Waals surface area contributed by atoms with Crippen molar-refractivity contribution in [3.63, 3.8) is 0 Å². The second-order valence-electron chi connectivity index (χ2n) is 5.44. The summed E-state index contributed by atoms with van der Waals surface area (Å²) in [6, 6.07) is 0. The van der Waals surface area contributed by atoms with Gasteiger partial charge in [-0.25, -0.2) is 0 Å². The third-order valence-electron chi connectivity index (χ3n) is 4.37. The Kier molecular flexibility index (Phi) is 2.68. The fraction of sp³-hybridized carbons (Fsp3) is 0.846. The minimum Gasteiger partial charge on any atom is -0.347 e. The van der Waals surface area contributed by atoms with Crippen molar-refractivity contribution in [1.29, 1.82) is 0 Å². The van der Waals surface area contributed by atoms with Crippen molar-refractivity contribution in [1.82, 2.24) is 0 Å². The first-order valence-corrected chi connectivity index (χ1v) is 5.90. The van der Waals surface area contributed by atoms with Gasteiger partial charge < -0.3 is 9.47 Å². The van der Waals surface area contributed by atoms with Gasteiger partial charge in [-0.1, -0.05) is 18.1 Å².